The second-order valence-electron chi connectivity index (χ2n) is 4.21. The number of carbonyl (C=O) groups is 1. The van der Waals surface area contributed by atoms with Crippen LogP contribution in [0.4, 0.5) is 0 Å². The molecule has 1 aromatic carbocycles. The second kappa shape index (κ2) is 5.48. The minimum Gasteiger partial charge on any atom is -0.342 e. The van der Waals surface area contributed by atoms with Gasteiger partial charge in [0.2, 0.25) is 5.91 Å². The summed E-state index contributed by atoms with van der Waals surface area (Å²) in [5, 5.41) is 0. The Kier molecular flexibility index (Phi) is 3.99. The molecule has 0 N–H and O–H groups in total. The highest BCUT2D eigenvalue weighted by Crippen LogP contribution is 2.17. The largest absolute Gasteiger partial charge is 0.342 e. The number of rotatable bonds is 3. The number of halogens is 1. The van der Waals surface area contributed by atoms with E-state index in [9.17, 15) is 4.79 Å². The molecule has 0 aliphatic carbocycles. The summed E-state index contributed by atoms with van der Waals surface area (Å²) in [4.78, 5) is 14.3. The molecule has 1 saturated heterocycles. The molecule has 0 aromatic heterocycles. The molecule has 16 heavy (non-hydrogen) atoms. The molecule has 0 bridgehead atoms. The van der Waals surface area contributed by atoms with Gasteiger partial charge in [-0.05, 0) is 18.4 Å². The van der Waals surface area contributed by atoms with Crippen molar-refractivity contribution in [2.75, 3.05) is 13.1 Å². The molecule has 1 aliphatic heterocycles. The smallest absolute Gasteiger partial charge is 0.222 e. The summed E-state index contributed by atoms with van der Waals surface area (Å²) in [7, 11) is 0. The Labute approximate surface area is 105 Å². The summed E-state index contributed by atoms with van der Waals surface area (Å²) in [6.07, 6.45) is 2.56. The summed E-state index contributed by atoms with van der Waals surface area (Å²) >= 11 is 3.55. The summed E-state index contributed by atoms with van der Waals surface area (Å²) in [5.41, 5.74) is 1.24. The van der Waals surface area contributed by atoms with Crippen molar-refractivity contribution in [3.05, 3.63) is 35.9 Å². The molecule has 1 atom stereocenters. The zero-order chi connectivity index (χ0) is 11.4. The number of alkyl halides is 1. The van der Waals surface area contributed by atoms with Gasteiger partial charge >= 0.3 is 0 Å². The fourth-order valence-corrected chi connectivity index (χ4v) is 2.55. The minimum absolute atomic E-state index is 0.283. The van der Waals surface area contributed by atoms with Gasteiger partial charge in [-0.3, -0.25) is 4.79 Å². The quantitative estimate of drug-likeness (QED) is 0.780. The number of carbonyl (C=O) groups excluding carboxylic acids is 1. The number of hydrogen-bond acceptors (Lipinski definition) is 1. The Bertz CT molecular complexity index is 352. The van der Waals surface area contributed by atoms with Crippen LogP contribution in [0, 0.1) is 0 Å². The summed E-state index contributed by atoms with van der Waals surface area (Å²) in [6, 6.07) is 10.2. The van der Waals surface area contributed by atoms with Crippen molar-refractivity contribution >= 4 is 21.8 Å². The molecule has 0 radical (unpaired) electrons. The third kappa shape index (κ3) is 3.08. The maximum Gasteiger partial charge on any atom is 0.222 e. The van der Waals surface area contributed by atoms with Crippen LogP contribution < -0.4 is 0 Å². The topological polar surface area (TPSA) is 20.3 Å². The van der Waals surface area contributed by atoms with E-state index in [1.807, 2.05) is 23.1 Å². The van der Waals surface area contributed by atoms with E-state index in [-0.39, 0.29) is 5.91 Å². The molecule has 0 saturated carbocycles. The zero-order valence-electron chi connectivity index (χ0n) is 9.23. The Morgan fingerprint density at radius 2 is 2.12 bits per heavy atom. The third-order valence-corrected chi connectivity index (χ3v) is 3.70. The van der Waals surface area contributed by atoms with Crippen LogP contribution >= 0.6 is 15.9 Å². The molecule has 1 aromatic rings. The lowest BCUT2D eigenvalue weighted by atomic mass is 10.1. The molecule has 1 heterocycles. The van der Waals surface area contributed by atoms with E-state index in [1.165, 1.54) is 5.56 Å². The van der Waals surface area contributed by atoms with E-state index in [1.54, 1.807) is 0 Å². The van der Waals surface area contributed by atoms with Gasteiger partial charge in [-0.15, -0.1) is 0 Å². The first kappa shape index (κ1) is 11.6. The van der Waals surface area contributed by atoms with E-state index in [0.29, 0.717) is 11.2 Å². The Morgan fingerprint density at radius 1 is 1.38 bits per heavy atom. The predicted octanol–water partition coefficient (Wildman–Crippen LogP) is 2.62. The SMILES string of the molecule is O=C(CCc1ccccc1)N1CCC(Br)C1. The number of likely N-dealkylation sites (tertiary alicyclic amines) is 1. The standard InChI is InChI=1S/C13H16BrNO/c14-12-8-9-15(10-12)13(16)7-6-11-4-2-1-3-5-11/h1-5,12H,6-10H2. The predicted molar refractivity (Wildman–Crippen MR) is 68.7 cm³/mol. The molecule has 0 spiro atoms. The van der Waals surface area contributed by atoms with E-state index in [4.69, 9.17) is 0 Å². The van der Waals surface area contributed by atoms with Gasteiger partial charge in [-0.25, -0.2) is 0 Å². The van der Waals surface area contributed by atoms with Crippen LogP contribution in [0.1, 0.15) is 18.4 Å². The number of hydrogen-bond donors (Lipinski definition) is 0. The van der Waals surface area contributed by atoms with Gasteiger partial charge in [0, 0.05) is 24.3 Å². The molecule has 86 valence electrons. The van der Waals surface area contributed by atoms with E-state index in [0.717, 1.165) is 25.9 Å². The third-order valence-electron chi connectivity index (χ3n) is 2.95. The van der Waals surface area contributed by atoms with E-state index >= 15 is 0 Å². The number of benzene rings is 1. The van der Waals surface area contributed by atoms with Gasteiger partial charge in [0.25, 0.3) is 0 Å². The first-order valence-electron chi connectivity index (χ1n) is 5.71. The molecule has 3 heteroatoms. The van der Waals surface area contributed by atoms with Gasteiger partial charge in [0.15, 0.2) is 0 Å². The van der Waals surface area contributed by atoms with Gasteiger partial charge in [-0.1, -0.05) is 46.3 Å². The molecule has 1 unspecified atom stereocenters. The Balaban J connectivity index is 1.80. The van der Waals surface area contributed by atoms with Crippen LogP contribution in [-0.4, -0.2) is 28.7 Å². The van der Waals surface area contributed by atoms with Gasteiger partial charge in [0.1, 0.15) is 0 Å². The van der Waals surface area contributed by atoms with Gasteiger partial charge in [-0.2, -0.15) is 0 Å². The zero-order valence-corrected chi connectivity index (χ0v) is 10.8. The highest BCUT2D eigenvalue weighted by Gasteiger charge is 2.23. The van der Waals surface area contributed by atoms with Crippen LogP contribution in [0.5, 0.6) is 0 Å². The summed E-state index contributed by atoms with van der Waals surface area (Å²) in [6.45, 7) is 1.77. The van der Waals surface area contributed by atoms with Crippen molar-refractivity contribution in [2.45, 2.75) is 24.1 Å². The van der Waals surface area contributed by atoms with Gasteiger partial charge < -0.3 is 4.90 Å². The monoisotopic (exact) mass is 281 g/mol. The van der Waals surface area contributed by atoms with E-state index < -0.39 is 0 Å². The van der Waals surface area contributed by atoms with Gasteiger partial charge in [0.05, 0.1) is 0 Å². The summed E-state index contributed by atoms with van der Waals surface area (Å²) < 4.78 is 0. The first-order chi connectivity index (χ1) is 7.75. The Hall–Kier alpha value is -0.830. The van der Waals surface area contributed by atoms with Crippen LogP contribution in [0.2, 0.25) is 0 Å². The lowest BCUT2D eigenvalue weighted by Gasteiger charge is -2.15. The molecule has 1 amide bonds. The van der Waals surface area contributed by atoms with Crippen molar-refractivity contribution < 1.29 is 4.79 Å². The molecular formula is C13H16BrNO. The molecule has 1 aliphatic rings. The molecular weight excluding hydrogens is 266 g/mol. The van der Waals surface area contributed by atoms with Crippen molar-refractivity contribution in [1.29, 1.82) is 0 Å². The van der Waals surface area contributed by atoms with Crippen LogP contribution in [0.25, 0.3) is 0 Å². The average molecular weight is 282 g/mol. The van der Waals surface area contributed by atoms with Crippen molar-refractivity contribution in [2.24, 2.45) is 0 Å². The maximum absolute atomic E-state index is 11.9. The van der Waals surface area contributed by atoms with Crippen LogP contribution in [-0.2, 0) is 11.2 Å². The van der Waals surface area contributed by atoms with Crippen LogP contribution in [0.15, 0.2) is 30.3 Å². The number of nitrogens with zero attached hydrogens (tertiary/aromatic N) is 1. The first-order valence-corrected chi connectivity index (χ1v) is 6.63. The fourth-order valence-electron chi connectivity index (χ4n) is 2.00. The second-order valence-corrected chi connectivity index (χ2v) is 5.51. The van der Waals surface area contributed by atoms with E-state index in [2.05, 4.69) is 28.1 Å². The molecule has 2 rings (SSSR count). The lowest BCUT2D eigenvalue weighted by molar-refractivity contribution is -0.130. The molecule has 1 fully saturated rings. The lowest BCUT2D eigenvalue weighted by Crippen LogP contribution is -2.28. The van der Waals surface area contributed by atoms with Crippen molar-refractivity contribution in [1.82, 2.24) is 4.90 Å². The maximum atomic E-state index is 11.9. The fraction of sp³-hybridized carbons (Fsp3) is 0.462. The summed E-state index contributed by atoms with van der Waals surface area (Å²) in [5.74, 6) is 0.283. The van der Waals surface area contributed by atoms with Crippen molar-refractivity contribution in [3.63, 3.8) is 0 Å². The Morgan fingerprint density at radius 3 is 2.75 bits per heavy atom. The molecule has 2 nitrogen and oxygen atoms in total. The number of amides is 1. The van der Waals surface area contributed by atoms with Crippen molar-refractivity contribution in [3.8, 4) is 0 Å². The average Bonchev–Trinajstić information content (AvgIpc) is 2.74. The minimum atomic E-state index is 0.283. The highest BCUT2D eigenvalue weighted by atomic mass is 79.9. The number of aryl methyl sites for hydroxylation is 1. The normalized spacial score (nSPS) is 20.1. The van der Waals surface area contributed by atoms with Crippen LogP contribution in [0.3, 0.4) is 0 Å². The highest BCUT2D eigenvalue weighted by molar-refractivity contribution is 9.09.